The second-order valence-corrected chi connectivity index (χ2v) is 5.24. The molecule has 1 rings (SSSR count). The normalized spacial score (nSPS) is 12.1. The van der Waals surface area contributed by atoms with E-state index in [0.717, 1.165) is 5.69 Å². The molecule has 1 aromatic rings. The molecule has 5 heteroatoms. The van der Waals surface area contributed by atoms with Crippen LogP contribution in [0.5, 0.6) is 5.75 Å². The maximum absolute atomic E-state index is 10.9. The van der Waals surface area contributed by atoms with Crippen molar-refractivity contribution in [2.75, 3.05) is 37.5 Å². The Morgan fingerprint density at radius 2 is 2.27 bits per heavy atom. The number of nitrogen functional groups attached to an aromatic ring is 1. The first-order valence-corrected chi connectivity index (χ1v) is 6.92. The lowest BCUT2D eigenvalue weighted by molar-refractivity contribution is 0.417. The van der Waals surface area contributed by atoms with Crippen LogP contribution >= 0.6 is 7.80 Å². The second-order valence-electron chi connectivity index (χ2n) is 3.34. The average Bonchev–Trinajstić information content (AvgIpc) is 2.20. The van der Waals surface area contributed by atoms with Gasteiger partial charge in [-0.1, -0.05) is 0 Å². The van der Waals surface area contributed by atoms with E-state index < -0.39 is 7.80 Å². The van der Waals surface area contributed by atoms with Crippen LogP contribution in [0.2, 0.25) is 0 Å². The molecule has 1 unspecified atom stereocenters. The molecule has 0 bridgehead atoms. The van der Waals surface area contributed by atoms with Crippen molar-refractivity contribution in [3.8, 4) is 5.75 Å². The van der Waals surface area contributed by atoms with Gasteiger partial charge in [-0.25, -0.2) is 0 Å². The summed E-state index contributed by atoms with van der Waals surface area (Å²) >= 11 is 0. The summed E-state index contributed by atoms with van der Waals surface area (Å²) in [6.07, 6.45) is 0.706. The fourth-order valence-electron chi connectivity index (χ4n) is 1.20. The van der Waals surface area contributed by atoms with Crippen molar-refractivity contribution < 1.29 is 9.30 Å². The molecule has 3 N–H and O–H groups in total. The van der Waals surface area contributed by atoms with E-state index in [9.17, 15) is 4.57 Å². The van der Waals surface area contributed by atoms with E-state index >= 15 is 0 Å². The number of nitrogens with one attached hydrogen (secondary N) is 1. The Hall–Kier alpha value is -1.15. The first-order valence-electron chi connectivity index (χ1n) is 4.80. The zero-order chi connectivity index (χ0) is 11.3. The molecular formula is C10H17N2O2P. The standard InChI is InChI=1S/C10H17N2O2P/c1-14-10-7-8(3-4-9(10)11)12-5-6-15(2)13/h3-4,7,12,15H,5-6,11H2,1-2H3. The fraction of sp³-hybridized carbons (Fsp3) is 0.400. The molecule has 1 atom stereocenters. The molecule has 0 aliphatic carbocycles. The Kier molecular flexibility index (Phi) is 4.50. The van der Waals surface area contributed by atoms with Crippen molar-refractivity contribution in [2.45, 2.75) is 0 Å². The topological polar surface area (TPSA) is 64.3 Å². The van der Waals surface area contributed by atoms with Gasteiger partial charge in [-0.05, 0) is 18.8 Å². The van der Waals surface area contributed by atoms with E-state index in [4.69, 9.17) is 10.5 Å². The van der Waals surface area contributed by atoms with Crippen LogP contribution in [-0.4, -0.2) is 26.5 Å². The summed E-state index contributed by atoms with van der Waals surface area (Å²) in [6, 6.07) is 5.50. The van der Waals surface area contributed by atoms with Crippen molar-refractivity contribution in [1.29, 1.82) is 0 Å². The van der Waals surface area contributed by atoms with E-state index in [1.807, 2.05) is 12.1 Å². The minimum Gasteiger partial charge on any atom is -0.495 e. The Morgan fingerprint density at radius 3 is 2.87 bits per heavy atom. The van der Waals surface area contributed by atoms with E-state index in [2.05, 4.69) is 5.32 Å². The van der Waals surface area contributed by atoms with Gasteiger partial charge in [0.1, 0.15) is 5.75 Å². The molecule has 1 aromatic carbocycles. The van der Waals surface area contributed by atoms with Crippen molar-refractivity contribution in [2.24, 2.45) is 0 Å². The van der Waals surface area contributed by atoms with Crippen molar-refractivity contribution in [3.05, 3.63) is 18.2 Å². The van der Waals surface area contributed by atoms with Crippen molar-refractivity contribution in [3.63, 3.8) is 0 Å². The van der Waals surface area contributed by atoms with Gasteiger partial charge >= 0.3 is 0 Å². The molecule has 0 aromatic heterocycles. The van der Waals surface area contributed by atoms with E-state index in [1.165, 1.54) is 0 Å². The predicted molar refractivity (Wildman–Crippen MR) is 65.7 cm³/mol. The molecule has 0 aliphatic heterocycles. The maximum atomic E-state index is 10.9. The van der Waals surface area contributed by atoms with Gasteiger partial charge < -0.3 is 20.4 Å². The molecule has 0 saturated heterocycles. The zero-order valence-corrected chi connectivity index (χ0v) is 10.0. The third-order valence-corrected chi connectivity index (χ3v) is 2.99. The minimum absolute atomic E-state index is 0.618. The zero-order valence-electron chi connectivity index (χ0n) is 9.04. The Labute approximate surface area is 90.6 Å². The van der Waals surface area contributed by atoms with Gasteiger partial charge in [0.05, 0.1) is 20.6 Å². The molecule has 0 radical (unpaired) electrons. The number of anilines is 2. The van der Waals surface area contributed by atoms with Gasteiger partial charge in [-0.15, -0.1) is 0 Å². The van der Waals surface area contributed by atoms with Crippen LogP contribution in [0.3, 0.4) is 0 Å². The molecule has 0 saturated carbocycles. The average molecular weight is 228 g/mol. The summed E-state index contributed by atoms with van der Waals surface area (Å²) in [5.74, 6) is 0.657. The highest BCUT2D eigenvalue weighted by atomic mass is 31.1. The van der Waals surface area contributed by atoms with Crippen LogP contribution in [-0.2, 0) is 4.57 Å². The number of nitrogens with two attached hydrogens (primary N) is 1. The molecule has 4 nitrogen and oxygen atoms in total. The van der Waals surface area contributed by atoms with Crippen LogP contribution in [0, 0.1) is 0 Å². The smallest absolute Gasteiger partial charge is 0.143 e. The largest absolute Gasteiger partial charge is 0.495 e. The summed E-state index contributed by atoms with van der Waals surface area (Å²) in [6.45, 7) is 2.47. The summed E-state index contributed by atoms with van der Waals surface area (Å²) in [5, 5.41) is 3.17. The van der Waals surface area contributed by atoms with Crippen LogP contribution in [0.15, 0.2) is 18.2 Å². The van der Waals surface area contributed by atoms with Gasteiger partial charge in [0.2, 0.25) is 0 Å². The maximum Gasteiger partial charge on any atom is 0.143 e. The molecular weight excluding hydrogens is 211 g/mol. The third kappa shape index (κ3) is 3.84. The van der Waals surface area contributed by atoms with E-state index in [1.54, 1.807) is 19.8 Å². The SMILES string of the molecule is COc1cc(NCC[PH](C)=O)ccc1N. The van der Waals surface area contributed by atoms with Crippen molar-refractivity contribution in [1.82, 2.24) is 0 Å². The Bertz CT molecular complexity index is 355. The molecule has 0 heterocycles. The van der Waals surface area contributed by atoms with Crippen LogP contribution in [0.1, 0.15) is 0 Å². The van der Waals surface area contributed by atoms with Crippen LogP contribution in [0.4, 0.5) is 11.4 Å². The second kappa shape index (κ2) is 5.66. The fourth-order valence-corrected chi connectivity index (χ4v) is 1.68. The first-order chi connectivity index (χ1) is 7.13. The van der Waals surface area contributed by atoms with Gasteiger partial charge in [-0.2, -0.15) is 0 Å². The van der Waals surface area contributed by atoms with E-state index in [0.29, 0.717) is 24.1 Å². The molecule has 0 aliphatic rings. The molecule has 15 heavy (non-hydrogen) atoms. The van der Waals surface area contributed by atoms with Gasteiger partial charge in [-0.3, -0.25) is 0 Å². The predicted octanol–water partition coefficient (Wildman–Crippen LogP) is 1.88. The van der Waals surface area contributed by atoms with Gasteiger partial charge in [0, 0.05) is 24.5 Å². The summed E-state index contributed by atoms with van der Waals surface area (Å²) < 4.78 is 16.0. The molecule has 0 spiro atoms. The number of hydrogen-bond acceptors (Lipinski definition) is 4. The van der Waals surface area contributed by atoms with E-state index in [-0.39, 0.29) is 0 Å². The quantitative estimate of drug-likeness (QED) is 0.596. The Balaban J connectivity index is 2.58. The lowest BCUT2D eigenvalue weighted by Crippen LogP contribution is -2.04. The highest BCUT2D eigenvalue weighted by Crippen LogP contribution is 2.25. The lowest BCUT2D eigenvalue weighted by atomic mass is 10.2. The highest BCUT2D eigenvalue weighted by Gasteiger charge is 2.00. The number of hydrogen-bond donors (Lipinski definition) is 2. The number of ether oxygens (including phenoxy) is 1. The summed E-state index contributed by atoms with van der Waals surface area (Å²) in [5.41, 5.74) is 7.23. The monoisotopic (exact) mass is 228 g/mol. The number of rotatable bonds is 5. The van der Waals surface area contributed by atoms with Gasteiger partial charge in [0.25, 0.3) is 0 Å². The number of methoxy groups -OCH3 is 1. The van der Waals surface area contributed by atoms with Gasteiger partial charge in [0.15, 0.2) is 0 Å². The summed E-state index contributed by atoms with van der Waals surface area (Å²) in [7, 11) is 0.187. The van der Waals surface area contributed by atoms with Crippen LogP contribution < -0.4 is 15.8 Å². The summed E-state index contributed by atoms with van der Waals surface area (Å²) in [4.78, 5) is 0. The highest BCUT2D eigenvalue weighted by molar-refractivity contribution is 7.43. The molecule has 0 fully saturated rings. The third-order valence-electron chi connectivity index (χ3n) is 2.04. The lowest BCUT2D eigenvalue weighted by Gasteiger charge is -2.09. The minimum atomic E-state index is -1.40. The van der Waals surface area contributed by atoms with Crippen molar-refractivity contribution >= 4 is 19.2 Å². The number of benzene rings is 1. The van der Waals surface area contributed by atoms with Crippen LogP contribution in [0.25, 0.3) is 0 Å². The first kappa shape index (κ1) is 11.9. The molecule has 84 valence electrons. The molecule has 0 amide bonds. The Morgan fingerprint density at radius 1 is 1.53 bits per heavy atom.